The van der Waals surface area contributed by atoms with Gasteiger partial charge in [-0.3, -0.25) is 51.7 Å². The van der Waals surface area contributed by atoms with Crippen molar-refractivity contribution in [2.45, 2.75) is 73.9 Å². The van der Waals surface area contributed by atoms with E-state index in [-0.39, 0.29) is 51.2 Å². The van der Waals surface area contributed by atoms with E-state index < -0.39 is 148 Å². The summed E-state index contributed by atoms with van der Waals surface area (Å²) in [5.74, 6) is -2.47. The molecule has 3 aliphatic heterocycles. The largest absolute Gasteiger partial charge is 0.756 e. The van der Waals surface area contributed by atoms with Crippen LogP contribution in [0.5, 0.6) is 0 Å². The van der Waals surface area contributed by atoms with E-state index in [1.807, 2.05) is 0 Å². The van der Waals surface area contributed by atoms with Gasteiger partial charge in [0.1, 0.15) is 54.6 Å². The lowest BCUT2D eigenvalue weighted by Crippen LogP contribution is -2.45. The zero-order valence-corrected chi connectivity index (χ0v) is 46.1. The highest BCUT2D eigenvalue weighted by Gasteiger charge is 2.53. The number of rotatable bonds is 22. The fraction of sp³-hybridized carbons (Fsp3) is 0.568. The number of anilines is 3. The fourth-order valence-electron chi connectivity index (χ4n) is 9.24. The smallest absolute Gasteiger partial charge is 0.490 e. The lowest BCUT2D eigenvalue weighted by atomic mass is 9.94. The Kier molecular flexibility index (Phi) is 16.9. The van der Waals surface area contributed by atoms with Gasteiger partial charge in [-0.1, -0.05) is 4.98 Å². The average Bonchev–Trinajstić information content (AvgIpc) is 4.42. The third kappa shape index (κ3) is 12.4. The van der Waals surface area contributed by atoms with Crippen molar-refractivity contribution in [2.75, 3.05) is 65.3 Å². The van der Waals surface area contributed by atoms with Crippen LogP contribution >= 0.6 is 31.3 Å². The lowest BCUT2D eigenvalue weighted by molar-refractivity contribution is -0.745. The van der Waals surface area contributed by atoms with E-state index in [9.17, 15) is 62.4 Å². The number of ether oxygens (including phenoxy) is 5. The Morgan fingerprint density at radius 1 is 0.753 bits per heavy atom. The van der Waals surface area contributed by atoms with Gasteiger partial charge in [0.2, 0.25) is 23.6 Å². The average molecular weight is 1230 g/mol. The lowest BCUT2D eigenvalue weighted by Gasteiger charge is -2.31. The van der Waals surface area contributed by atoms with Crippen molar-refractivity contribution in [1.29, 1.82) is 0 Å². The summed E-state index contributed by atoms with van der Waals surface area (Å²) in [6.07, 6.45) is -12.9. The Balaban J connectivity index is 0.883. The standard InChI is InChI=1S/C37H52N16O24P4/c1-49(2)18(54)6-14-15(72-33(22(14)55)53-13-50(3)21-30(53)46-37(40)48-32(21)58)7-70-79(61,62)76-81(65,66)77-80(63,64)71-9-17-24(26(68-5)35(74-17)51-11-43-19-27(38)41-10-42-28(19)51)75-78(59,60)69-8-16-23(56)25(67-4)34(73-16)52-12-44-20-29(52)45-36(39)47-31(20)57/h10-17,22-26,33-35,55-56H,6-9H2,1-5H3,(H11-,38,39,40,41,42,45,46,47,48,57,58,59,60,61,62,63,64,65,66)/t14-,15-,16-,17?,22-,23-,24-,25-,26-,33-,34-,35-/m1/s1. The van der Waals surface area contributed by atoms with Crippen LogP contribution in [0.1, 0.15) is 25.1 Å². The normalized spacial score (nSPS) is 29.0. The second kappa shape index (κ2) is 22.8. The molecule has 6 aromatic heterocycles. The number of phosphoric ester groups is 3. The Hall–Kier alpha value is -5.64. The molecule has 1 amide bonds. The maximum atomic E-state index is 13.7. The fourth-order valence-corrected chi connectivity index (χ4v) is 13.7. The van der Waals surface area contributed by atoms with Gasteiger partial charge in [-0.2, -0.15) is 13.6 Å². The highest BCUT2D eigenvalue weighted by atomic mass is 31.3. The summed E-state index contributed by atoms with van der Waals surface area (Å²) >= 11 is 0. The minimum absolute atomic E-state index is 0.00173. The summed E-state index contributed by atoms with van der Waals surface area (Å²) in [5.41, 5.74) is 15.8. The number of nitrogens with one attached hydrogen (secondary N) is 2. The number of nitrogens with two attached hydrogens (primary N) is 3. The van der Waals surface area contributed by atoms with Gasteiger partial charge in [-0.15, -0.1) is 0 Å². The molecule has 40 nitrogen and oxygen atoms in total. The Labute approximate surface area is 452 Å². The molecule has 6 aromatic rings. The van der Waals surface area contributed by atoms with Gasteiger partial charge >= 0.3 is 29.1 Å². The van der Waals surface area contributed by atoms with Gasteiger partial charge < -0.3 is 84.6 Å². The van der Waals surface area contributed by atoms with Gasteiger partial charge in [0, 0.05) is 40.7 Å². The molecule has 3 saturated heterocycles. The highest BCUT2D eigenvalue weighted by molar-refractivity contribution is 7.66. The first-order valence-corrected chi connectivity index (χ1v) is 29.3. The number of imidazole rings is 3. The molecule has 444 valence electrons. The van der Waals surface area contributed by atoms with Gasteiger partial charge in [-0.05, 0) is 0 Å². The topological polar surface area (TPSA) is 554 Å². The van der Waals surface area contributed by atoms with Crippen LogP contribution in [0.2, 0.25) is 0 Å². The molecular weight excluding hydrogens is 1180 g/mol. The monoisotopic (exact) mass is 1230 g/mol. The quantitative estimate of drug-likeness (QED) is 0.0229. The minimum atomic E-state index is -6.24. The van der Waals surface area contributed by atoms with E-state index in [1.54, 1.807) is 0 Å². The van der Waals surface area contributed by atoms with E-state index in [0.29, 0.717) is 0 Å². The Morgan fingerprint density at radius 3 is 1.99 bits per heavy atom. The van der Waals surface area contributed by atoms with Crippen molar-refractivity contribution >= 4 is 88.4 Å². The van der Waals surface area contributed by atoms with Gasteiger partial charge in [-0.25, -0.2) is 38.2 Å². The summed E-state index contributed by atoms with van der Waals surface area (Å²) in [4.78, 5) is 114. The number of carbonyl (C=O) groups is 1. The van der Waals surface area contributed by atoms with Crippen molar-refractivity contribution in [2.24, 2.45) is 13.0 Å². The van der Waals surface area contributed by atoms with E-state index in [2.05, 4.69) is 48.5 Å². The maximum absolute atomic E-state index is 13.7. The van der Waals surface area contributed by atoms with Crippen molar-refractivity contribution in [3.8, 4) is 0 Å². The number of fused-ring (bicyclic) bond motifs is 3. The van der Waals surface area contributed by atoms with Crippen LogP contribution in [0.3, 0.4) is 0 Å². The number of aromatic nitrogens is 12. The first-order chi connectivity index (χ1) is 38.0. The number of aryl methyl sites for hydroxylation is 1. The van der Waals surface area contributed by atoms with Crippen molar-refractivity contribution < 1.29 is 108 Å². The van der Waals surface area contributed by atoms with Gasteiger partial charge in [0.25, 0.3) is 24.9 Å². The molecule has 0 aromatic carbocycles. The number of nitrogens with zero attached hydrogens (tertiary/aromatic N) is 11. The Bertz CT molecular complexity index is 3670. The van der Waals surface area contributed by atoms with Crippen LogP contribution in [-0.2, 0) is 80.5 Å². The molecule has 3 aliphatic rings. The molecule has 0 radical (unpaired) electrons. The van der Waals surface area contributed by atoms with Crippen LogP contribution in [0.15, 0.2) is 34.9 Å². The summed E-state index contributed by atoms with van der Waals surface area (Å²) < 4.78 is 116. The highest BCUT2D eigenvalue weighted by Crippen LogP contribution is 2.68. The second-order valence-corrected chi connectivity index (χ2v) is 24.3. The van der Waals surface area contributed by atoms with E-state index in [0.717, 1.165) is 26.1 Å². The molecular formula is C37H52N16O24P4. The second-order valence-electron chi connectivity index (χ2n) is 18.3. The number of aromatic amines is 2. The Morgan fingerprint density at radius 2 is 1.33 bits per heavy atom. The van der Waals surface area contributed by atoms with Crippen LogP contribution in [0.4, 0.5) is 17.7 Å². The molecule has 0 bridgehead atoms. The first kappa shape index (κ1) is 60.0. The number of hydrogen-bond acceptors (Lipinski definition) is 30. The number of H-pyrrole nitrogens is 2. The van der Waals surface area contributed by atoms with Crippen LogP contribution in [0, 0.1) is 5.92 Å². The number of nitrogen functional groups attached to an aromatic ring is 3. The van der Waals surface area contributed by atoms with Crippen molar-refractivity contribution in [1.82, 2.24) is 58.5 Å². The number of aliphatic hydroxyl groups is 2. The van der Waals surface area contributed by atoms with Gasteiger partial charge in [0.15, 0.2) is 41.4 Å². The van der Waals surface area contributed by atoms with E-state index in [1.165, 1.54) is 57.7 Å². The molecule has 0 saturated carbocycles. The number of phosphoric acid groups is 4. The molecule has 9 heterocycles. The predicted octanol–water partition coefficient (Wildman–Crippen LogP) is -3.95. The molecule has 0 aliphatic carbocycles. The molecule has 16 atom stereocenters. The number of aliphatic hydroxyl groups excluding tert-OH is 2. The first-order valence-electron chi connectivity index (χ1n) is 23.3. The third-order valence-electron chi connectivity index (χ3n) is 12.9. The van der Waals surface area contributed by atoms with Crippen molar-refractivity contribution in [3.05, 3.63) is 46.0 Å². The zero-order chi connectivity index (χ0) is 58.8. The third-order valence-corrected chi connectivity index (χ3v) is 18.1. The molecule has 5 unspecified atom stereocenters. The minimum Gasteiger partial charge on any atom is -0.756 e. The zero-order valence-electron chi connectivity index (χ0n) is 42.5. The molecule has 3 fully saturated rings. The van der Waals surface area contributed by atoms with Crippen molar-refractivity contribution in [3.63, 3.8) is 0 Å². The molecule has 0 spiro atoms. The maximum Gasteiger partial charge on any atom is 0.490 e. The van der Waals surface area contributed by atoms with Crippen LogP contribution in [0.25, 0.3) is 33.5 Å². The molecule has 9 rings (SSSR count). The summed E-state index contributed by atoms with van der Waals surface area (Å²) in [7, 11) is -17.2. The SMILES string of the molecule is CO[C@@H]1[C@H](O)[C@@H](COP(=O)([O-])O[C@@H]2C(COP(=O)(O)OP(=O)(O)OP(=O)(O)OC[C@H]3O[C@@H]([n+]4cn(C)c5c(=O)[nH]c(N)nc54)[C@H](O)[C@@H]3CC(=O)N(C)C)O[C@@H](n3cnc4c(N)ncnc43)[C@@H]2OC)O[C@H]1n1cnc2c(=O)[nH]c(N)nc21. The molecule has 44 heteroatoms. The predicted molar refractivity (Wildman–Crippen MR) is 262 cm³/mol. The molecule has 13 N–H and O–H groups in total. The van der Waals surface area contributed by atoms with E-state index in [4.69, 9.17) is 59.0 Å². The van der Waals surface area contributed by atoms with Crippen LogP contribution in [-0.4, -0.2) is 186 Å². The number of hydrogen-bond donors (Lipinski definition) is 10. The summed E-state index contributed by atoms with van der Waals surface area (Å²) in [6, 6.07) is 0. The number of amides is 1. The summed E-state index contributed by atoms with van der Waals surface area (Å²) in [6.45, 7) is -3.31. The number of carbonyl (C=O) groups excluding carboxylic acids is 1. The van der Waals surface area contributed by atoms with Gasteiger partial charge in [0.05, 0.1) is 45.6 Å². The molecule has 81 heavy (non-hydrogen) atoms. The van der Waals surface area contributed by atoms with E-state index >= 15 is 0 Å². The number of methoxy groups -OCH3 is 2. The summed E-state index contributed by atoms with van der Waals surface area (Å²) in [5, 5.41) is 22.7. The van der Waals surface area contributed by atoms with Crippen LogP contribution < -0.4 is 37.8 Å².